The quantitative estimate of drug-likeness (QED) is 0.450. The number of benzene rings is 1. The molecular weight excluding hydrogens is 304 g/mol. The van der Waals surface area contributed by atoms with Crippen molar-refractivity contribution >= 4 is 27.3 Å². The number of non-ortho nitro benzene ring substituents is 1. The van der Waals surface area contributed by atoms with E-state index in [0.29, 0.717) is 12.3 Å². The maximum Gasteiger partial charge on any atom is 0.269 e. The van der Waals surface area contributed by atoms with Crippen LogP contribution in [0.5, 0.6) is 0 Å². The molecule has 0 amide bonds. The number of hydrogen-bond acceptors (Lipinski definition) is 4. The van der Waals surface area contributed by atoms with Gasteiger partial charge in [-0.3, -0.25) is 10.1 Å². The van der Waals surface area contributed by atoms with E-state index in [-0.39, 0.29) is 23.9 Å². The third-order valence-electron chi connectivity index (χ3n) is 2.65. The van der Waals surface area contributed by atoms with E-state index in [2.05, 4.69) is 4.72 Å². The average Bonchev–Trinajstić information content (AvgIpc) is 2.38. The highest BCUT2D eigenvalue weighted by Gasteiger charge is 2.14. The second-order valence-corrected chi connectivity index (χ2v) is 6.77. The molecule has 6 nitrogen and oxygen atoms in total. The Morgan fingerprint density at radius 1 is 1.35 bits per heavy atom. The van der Waals surface area contributed by atoms with Crippen LogP contribution in [0.25, 0.3) is 0 Å². The van der Waals surface area contributed by atoms with Gasteiger partial charge in [0.15, 0.2) is 0 Å². The monoisotopic (exact) mass is 320 g/mol. The van der Waals surface area contributed by atoms with Gasteiger partial charge in [-0.1, -0.05) is 19.1 Å². The van der Waals surface area contributed by atoms with Crippen molar-refractivity contribution in [2.45, 2.75) is 13.3 Å². The predicted octanol–water partition coefficient (Wildman–Crippen LogP) is 1.93. The Balaban J connectivity index is 2.46. The zero-order chi connectivity index (χ0) is 15.2. The smallest absolute Gasteiger partial charge is 0.258 e. The molecule has 1 unspecified atom stereocenters. The molecular formula is C12H17ClN2O4S. The van der Waals surface area contributed by atoms with Crippen LogP contribution in [-0.4, -0.2) is 31.5 Å². The molecule has 112 valence electrons. The van der Waals surface area contributed by atoms with E-state index in [0.717, 1.165) is 5.56 Å². The van der Waals surface area contributed by atoms with Gasteiger partial charge in [-0.2, -0.15) is 0 Å². The first-order valence-corrected chi connectivity index (χ1v) is 8.29. The van der Waals surface area contributed by atoms with E-state index >= 15 is 0 Å². The lowest BCUT2D eigenvalue weighted by Gasteiger charge is -2.10. The molecule has 1 aromatic carbocycles. The van der Waals surface area contributed by atoms with Crippen molar-refractivity contribution in [1.82, 2.24) is 4.72 Å². The molecule has 1 N–H and O–H groups in total. The van der Waals surface area contributed by atoms with E-state index in [9.17, 15) is 18.5 Å². The first kappa shape index (κ1) is 16.9. The Bertz CT molecular complexity index is 545. The Labute approximate surface area is 123 Å². The Morgan fingerprint density at radius 2 is 1.95 bits per heavy atom. The summed E-state index contributed by atoms with van der Waals surface area (Å²) in [6.45, 7) is 2.03. The lowest BCUT2D eigenvalue weighted by Crippen LogP contribution is -2.31. The van der Waals surface area contributed by atoms with Crippen molar-refractivity contribution in [2.24, 2.45) is 5.92 Å². The van der Waals surface area contributed by atoms with Crippen LogP contribution in [-0.2, 0) is 16.4 Å². The van der Waals surface area contributed by atoms with Gasteiger partial charge < -0.3 is 0 Å². The van der Waals surface area contributed by atoms with E-state index in [1.807, 2.05) is 0 Å². The van der Waals surface area contributed by atoms with Crippen molar-refractivity contribution in [3.63, 3.8) is 0 Å². The summed E-state index contributed by atoms with van der Waals surface area (Å²) in [6.07, 6.45) is 0.479. The number of sulfonamides is 1. The number of nitro groups is 1. The summed E-state index contributed by atoms with van der Waals surface area (Å²) in [7, 11) is -3.33. The fraction of sp³-hybridized carbons (Fsp3) is 0.500. The molecule has 0 fully saturated rings. The van der Waals surface area contributed by atoms with Gasteiger partial charge in [0.05, 0.1) is 10.7 Å². The van der Waals surface area contributed by atoms with Crippen molar-refractivity contribution in [2.75, 3.05) is 18.2 Å². The Morgan fingerprint density at radius 3 is 2.45 bits per heavy atom. The number of alkyl halides is 1. The summed E-state index contributed by atoms with van der Waals surface area (Å²) in [6, 6.07) is 6.04. The van der Waals surface area contributed by atoms with Gasteiger partial charge in [-0.25, -0.2) is 13.1 Å². The molecule has 0 aliphatic carbocycles. The molecule has 0 aromatic heterocycles. The summed E-state index contributed by atoms with van der Waals surface area (Å²) in [5.74, 6) is 0.188. The SMILES string of the molecule is CC(CCl)CS(=O)(=O)NCCc1ccc([N+](=O)[O-])cc1. The standard InChI is InChI=1S/C12H17ClN2O4S/c1-10(8-13)9-20(18,19)14-7-6-11-2-4-12(5-3-11)15(16)17/h2-5,10,14H,6-9H2,1H3. The van der Waals surface area contributed by atoms with Crippen molar-refractivity contribution in [3.8, 4) is 0 Å². The van der Waals surface area contributed by atoms with Gasteiger partial charge in [0.2, 0.25) is 10.0 Å². The Kier molecular flexibility index (Phi) is 6.38. The van der Waals surface area contributed by atoms with Crippen LogP contribution in [0.1, 0.15) is 12.5 Å². The highest BCUT2D eigenvalue weighted by molar-refractivity contribution is 7.89. The number of nitrogens with one attached hydrogen (secondary N) is 1. The largest absolute Gasteiger partial charge is 0.269 e. The minimum Gasteiger partial charge on any atom is -0.258 e. The van der Waals surface area contributed by atoms with Gasteiger partial charge in [-0.15, -0.1) is 11.6 Å². The van der Waals surface area contributed by atoms with Gasteiger partial charge in [0, 0.05) is 24.6 Å². The number of nitro benzene ring substituents is 1. The normalized spacial score (nSPS) is 13.1. The zero-order valence-corrected chi connectivity index (χ0v) is 12.7. The van der Waals surface area contributed by atoms with Crippen LogP contribution in [0.3, 0.4) is 0 Å². The zero-order valence-electron chi connectivity index (χ0n) is 11.1. The molecule has 0 bridgehead atoms. The minimum atomic E-state index is -3.33. The van der Waals surface area contributed by atoms with Crippen LogP contribution in [0.15, 0.2) is 24.3 Å². The molecule has 1 aromatic rings. The van der Waals surface area contributed by atoms with E-state index < -0.39 is 14.9 Å². The molecule has 0 aliphatic rings. The maximum absolute atomic E-state index is 11.7. The van der Waals surface area contributed by atoms with Crippen LogP contribution in [0, 0.1) is 16.0 Å². The maximum atomic E-state index is 11.7. The number of hydrogen-bond donors (Lipinski definition) is 1. The number of halogens is 1. The minimum absolute atomic E-state index is 0.00321. The highest BCUT2D eigenvalue weighted by Crippen LogP contribution is 2.12. The molecule has 20 heavy (non-hydrogen) atoms. The lowest BCUT2D eigenvalue weighted by atomic mass is 10.1. The third-order valence-corrected chi connectivity index (χ3v) is 4.83. The lowest BCUT2D eigenvalue weighted by molar-refractivity contribution is -0.384. The summed E-state index contributed by atoms with van der Waals surface area (Å²) in [5, 5.41) is 10.5. The van der Waals surface area contributed by atoms with Crippen LogP contribution in [0.4, 0.5) is 5.69 Å². The highest BCUT2D eigenvalue weighted by atomic mass is 35.5. The first-order valence-electron chi connectivity index (χ1n) is 6.10. The molecule has 0 saturated heterocycles. The summed E-state index contributed by atoms with van der Waals surface area (Å²) in [5.41, 5.74) is 0.856. The van der Waals surface area contributed by atoms with Crippen LogP contribution in [0.2, 0.25) is 0 Å². The van der Waals surface area contributed by atoms with Gasteiger partial charge in [0.1, 0.15) is 0 Å². The summed E-state index contributed by atoms with van der Waals surface area (Å²) >= 11 is 5.58. The van der Waals surface area contributed by atoms with Crippen molar-refractivity contribution < 1.29 is 13.3 Å². The molecule has 0 heterocycles. The van der Waals surface area contributed by atoms with Crippen LogP contribution < -0.4 is 4.72 Å². The third kappa shape index (κ3) is 5.85. The molecule has 0 aliphatic heterocycles. The molecule has 1 atom stereocenters. The average molecular weight is 321 g/mol. The number of rotatable bonds is 8. The second kappa shape index (κ2) is 7.56. The second-order valence-electron chi connectivity index (χ2n) is 4.61. The van der Waals surface area contributed by atoms with E-state index in [1.54, 1.807) is 19.1 Å². The molecule has 0 saturated carbocycles. The van der Waals surface area contributed by atoms with Crippen LogP contribution >= 0.6 is 11.6 Å². The van der Waals surface area contributed by atoms with E-state index in [1.165, 1.54) is 12.1 Å². The van der Waals surface area contributed by atoms with Crippen molar-refractivity contribution in [3.05, 3.63) is 39.9 Å². The Hall–Kier alpha value is -1.18. The predicted molar refractivity (Wildman–Crippen MR) is 78.5 cm³/mol. The molecule has 0 radical (unpaired) electrons. The summed E-state index contributed by atoms with van der Waals surface area (Å²) in [4.78, 5) is 10.0. The van der Waals surface area contributed by atoms with Gasteiger partial charge in [0.25, 0.3) is 5.69 Å². The first-order chi connectivity index (χ1) is 9.34. The molecule has 0 spiro atoms. The fourth-order valence-electron chi connectivity index (χ4n) is 1.61. The molecule has 1 rings (SSSR count). The summed E-state index contributed by atoms with van der Waals surface area (Å²) < 4.78 is 25.8. The number of nitrogens with zero attached hydrogens (tertiary/aromatic N) is 1. The van der Waals surface area contributed by atoms with Gasteiger partial charge in [-0.05, 0) is 17.9 Å². The fourth-order valence-corrected chi connectivity index (χ4v) is 3.25. The van der Waals surface area contributed by atoms with Crippen molar-refractivity contribution in [1.29, 1.82) is 0 Å². The topological polar surface area (TPSA) is 89.3 Å². The van der Waals surface area contributed by atoms with E-state index in [4.69, 9.17) is 11.6 Å². The van der Waals surface area contributed by atoms with Gasteiger partial charge >= 0.3 is 0 Å². The molecule has 8 heteroatoms.